The molecular weight excluding hydrogens is 122 g/mol. The molecule has 1 heterocycles. The molecular formula is C9H15N. The van der Waals surface area contributed by atoms with E-state index >= 15 is 0 Å². The summed E-state index contributed by atoms with van der Waals surface area (Å²) in [5.74, 6) is 1.17. The minimum Gasteiger partial charge on any atom is -0.313 e. The van der Waals surface area contributed by atoms with Gasteiger partial charge in [-0.25, -0.2) is 0 Å². The molecule has 0 aromatic rings. The molecule has 3 unspecified atom stereocenters. The van der Waals surface area contributed by atoms with Crippen LogP contribution in [-0.4, -0.2) is 12.6 Å². The summed E-state index contributed by atoms with van der Waals surface area (Å²) in [6.45, 7) is 10.8. The summed E-state index contributed by atoms with van der Waals surface area (Å²) in [4.78, 5) is 0. The number of hydrogen-bond donors (Lipinski definition) is 1. The lowest BCUT2D eigenvalue weighted by atomic mass is 9.92. The maximum absolute atomic E-state index is 3.80. The Bertz CT molecular complexity index is 140. The molecule has 1 rings (SSSR count). The molecule has 10 heavy (non-hydrogen) atoms. The van der Waals surface area contributed by atoms with E-state index in [2.05, 4.69) is 25.4 Å². The minimum absolute atomic E-state index is 0.570. The molecule has 0 bridgehead atoms. The van der Waals surface area contributed by atoms with Gasteiger partial charge in [0.15, 0.2) is 0 Å². The largest absolute Gasteiger partial charge is 0.313 e. The van der Waals surface area contributed by atoms with Gasteiger partial charge in [-0.15, -0.1) is 13.2 Å². The Hall–Kier alpha value is -0.560. The van der Waals surface area contributed by atoms with Crippen LogP contribution in [0.25, 0.3) is 0 Å². The molecule has 1 nitrogen and oxygen atoms in total. The normalized spacial score (nSPS) is 39.5. The van der Waals surface area contributed by atoms with Gasteiger partial charge in [-0.3, -0.25) is 0 Å². The lowest BCUT2D eigenvalue weighted by Gasteiger charge is -2.13. The molecule has 0 amide bonds. The van der Waals surface area contributed by atoms with Gasteiger partial charge in [-0.05, 0) is 18.8 Å². The Balaban J connectivity index is 2.61. The van der Waals surface area contributed by atoms with Crippen molar-refractivity contribution in [3.8, 4) is 0 Å². The number of rotatable bonds is 2. The van der Waals surface area contributed by atoms with Crippen LogP contribution in [0.15, 0.2) is 25.3 Å². The molecule has 1 N–H and O–H groups in total. The SMILES string of the molecule is C=CC1CNC(C)C1C=C. The third kappa shape index (κ3) is 1.14. The van der Waals surface area contributed by atoms with E-state index in [-0.39, 0.29) is 0 Å². The monoisotopic (exact) mass is 137 g/mol. The summed E-state index contributed by atoms with van der Waals surface area (Å²) in [6.07, 6.45) is 4.04. The summed E-state index contributed by atoms with van der Waals surface area (Å²) >= 11 is 0. The molecule has 1 saturated heterocycles. The first-order valence-electron chi connectivity index (χ1n) is 3.78. The smallest absolute Gasteiger partial charge is 0.0108 e. The standard InChI is InChI=1S/C9H15N/c1-4-8-6-10-7(3)9(8)5-2/h4-5,7-10H,1-2,6H2,3H3. The van der Waals surface area contributed by atoms with E-state index in [1.807, 2.05) is 12.2 Å². The van der Waals surface area contributed by atoms with Crippen LogP contribution < -0.4 is 5.32 Å². The molecule has 1 aliphatic rings. The Morgan fingerprint density at radius 2 is 2.10 bits per heavy atom. The van der Waals surface area contributed by atoms with Gasteiger partial charge >= 0.3 is 0 Å². The lowest BCUT2D eigenvalue weighted by molar-refractivity contribution is 0.520. The van der Waals surface area contributed by atoms with Gasteiger partial charge in [0, 0.05) is 12.6 Å². The van der Waals surface area contributed by atoms with Gasteiger partial charge in [0.2, 0.25) is 0 Å². The highest BCUT2D eigenvalue weighted by Gasteiger charge is 2.27. The van der Waals surface area contributed by atoms with E-state index in [0.29, 0.717) is 17.9 Å². The van der Waals surface area contributed by atoms with Crippen LogP contribution in [0.4, 0.5) is 0 Å². The van der Waals surface area contributed by atoms with Crippen LogP contribution in [0, 0.1) is 11.8 Å². The summed E-state index contributed by atoms with van der Waals surface area (Å²) < 4.78 is 0. The van der Waals surface area contributed by atoms with E-state index in [1.54, 1.807) is 0 Å². The van der Waals surface area contributed by atoms with E-state index < -0.39 is 0 Å². The molecule has 0 saturated carbocycles. The van der Waals surface area contributed by atoms with Crippen LogP contribution in [0.5, 0.6) is 0 Å². The zero-order chi connectivity index (χ0) is 7.56. The second kappa shape index (κ2) is 3.02. The molecule has 0 spiro atoms. The first-order valence-corrected chi connectivity index (χ1v) is 3.78. The van der Waals surface area contributed by atoms with E-state index in [1.165, 1.54) is 0 Å². The Morgan fingerprint density at radius 1 is 1.40 bits per heavy atom. The van der Waals surface area contributed by atoms with Gasteiger partial charge in [0.1, 0.15) is 0 Å². The van der Waals surface area contributed by atoms with Gasteiger partial charge in [-0.2, -0.15) is 0 Å². The molecule has 0 aromatic carbocycles. The second-order valence-electron chi connectivity index (χ2n) is 2.91. The fourth-order valence-corrected chi connectivity index (χ4v) is 1.58. The van der Waals surface area contributed by atoms with Crippen molar-refractivity contribution in [2.75, 3.05) is 6.54 Å². The van der Waals surface area contributed by atoms with Gasteiger partial charge < -0.3 is 5.32 Å². The summed E-state index contributed by atoms with van der Waals surface area (Å²) in [5, 5.41) is 3.38. The van der Waals surface area contributed by atoms with E-state index in [9.17, 15) is 0 Å². The third-order valence-electron chi connectivity index (χ3n) is 2.32. The first kappa shape index (κ1) is 7.55. The fraction of sp³-hybridized carbons (Fsp3) is 0.556. The number of hydrogen-bond acceptors (Lipinski definition) is 1. The van der Waals surface area contributed by atoms with Crippen molar-refractivity contribution in [2.24, 2.45) is 11.8 Å². The quantitative estimate of drug-likeness (QED) is 0.570. The zero-order valence-corrected chi connectivity index (χ0v) is 6.51. The first-order chi connectivity index (χ1) is 4.79. The van der Waals surface area contributed by atoms with Gasteiger partial charge in [0.05, 0.1) is 0 Å². The predicted octanol–water partition coefficient (Wildman–Crippen LogP) is 1.58. The molecule has 56 valence electrons. The van der Waals surface area contributed by atoms with Crippen molar-refractivity contribution in [1.29, 1.82) is 0 Å². The molecule has 3 atom stereocenters. The number of nitrogens with one attached hydrogen (secondary N) is 1. The Kier molecular flexibility index (Phi) is 2.28. The van der Waals surface area contributed by atoms with Crippen LogP contribution in [0.3, 0.4) is 0 Å². The Labute approximate surface area is 62.8 Å². The van der Waals surface area contributed by atoms with E-state index in [4.69, 9.17) is 0 Å². The highest BCUT2D eigenvalue weighted by Crippen LogP contribution is 2.23. The van der Waals surface area contributed by atoms with Crippen LogP contribution in [-0.2, 0) is 0 Å². The van der Waals surface area contributed by atoms with Crippen molar-refractivity contribution in [3.05, 3.63) is 25.3 Å². The van der Waals surface area contributed by atoms with Crippen LogP contribution in [0.1, 0.15) is 6.92 Å². The Morgan fingerprint density at radius 3 is 2.50 bits per heavy atom. The fourth-order valence-electron chi connectivity index (χ4n) is 1.58. The highest BCUT2D eigenvalue weighted by molar-refractivity contribution is 5.03. The molecule has 1 fully saturated rings. The maximum atomic E-state index is 3.80. The van der Waals surface area contributed by atoms with E-state index in [0.717, 1.165) is 6.54 Å². The van der Waals surface area contributed by atoms with Gasteiger partial charge in [0.25, 0.3) is 0 Å². The summed E-state index contributed by atoms with van der Waals surface area (Å²) in [7, 11) is 0. The minimum atomic E-state index is 0.570. The maximum Gasteiger partial charge on any atom is 0.0108 e. The van der Waals surface area contributed by atoms with Crippen molar-refractivity contribution < 1.29 is 0 Å². The predicted molar refractivity (Wildman–Crippen MR) is 44.8 cm³/mol. The average molecular weight is 137 g/mol. The third-order valence-corrected chi connectivity index (χ3v) is 2.32. The van der Waals surface area contributed by atoms with Crippen molar-refractivity contribution >= 4 is 0 Å². The molecule has 0 aliphatic carbocycles. The molecule has 0 radical (unpaired) electrons. The van der Waals surface area contributed by atoms with Crippen molar-refractivity contribution in [3.63, 3.8) is 0 Å². The summed E-state index contributed by atoms with van der Waals surface area (Å²) in [6, 6.07) is 0.570. The molecule has 0 aromatic heterocycles. The highest BCUT2D eigenvalue weighted by atomic mass is 15.0. The molecule has 1 heteroatoms. The van der Waals surface area contributed by atoms with Crippen LogP contribution in [0.2, 0.25) is 0 Å². The van der Waals surface area contributed by atoms with Gasteiger partial charge in [-0.1, -0.05) is 12.2 Å². The van der Waals surface area contributed by atoms with Crippen LogP contribution >= 0.6 is 0 Å². The van der Waals surface area contributed by atoms with Crippen molar-refractivity contribution in [1.82, 2.24) is 5.32 Å². The molecule has 1 aliphatic heterocycles. The average Bonchev–Trinajstić information content (AvgIpc) is 2.30. The lowest BCUT2D eigenvalue weighted by Crippen LogP contribution is -2.21. The topological polar surface area (TPSA) is 12.0 Å². The second-order valence-corrected chi connectivity index (χ2v) is 2.91. The van der Waals surface area contributed by atoms with Crippen molar-refractivity contribution in [2.45, 2.75) is 13.0 Å². The zero-order valence-electron chi connectivity index (χ0n) is 6.51. The summed E-state index contributed by atoms with van der Waals surface area (Å²) in [5.41, 5.74) is 0.